The Kier molecular flexibility index (Phi) is 5.76. The topological polar surface area (TPSA) is 23.5 Å². The summed E-state index contributed by atoms with van der Waals surface area (Å²) >= 11 is 0. The van der Waals surface area contributed by atoms with Gasteiger partial charge in [0.1, 0.15) is 0 Å². The van der Waals surface area contributed by atoms with E-state index in [1.54, 1.807) is 0 Å². The molecule has 0 aliphatic rings. The van der Waals surface area contributed by atoms with E-state index in [4.69, 9.17) is 0 Å². The summed E-state index contributed by atoms with van der Waals surface area (Å²) < 4.78 is 0. The normalized spacial score (nSPS) is 13.3. The molecule has 0 heterocycles. The molecule has 0 fully saturated rings. The van der Waals surface area contributed by atoms with Crippen LogP contribution in [0.2, 0.25) is 0 Å². The fraction of sp³-hybridized carbons (Fsp3) is 0.400. The van der Waals surface area contributed by atoms with E-state index < -0.39 is 0 Å². The molecule has 0 aliphatic heterocycles. The van der Waals surface area contributed by atoms with Gasteiger partial charge < -0.3 is 5.11 Å². The van der Waals surface area contributed by atoms with Crippen LogP contribution in [0.4, 0.5) is 0 Å². The minimum Gasteiger partial charge on any atom is -0.395 e. The highest BCUT2D eigenvalue weighted by Gasteiger charge is 2.29. The monoisotopic (exact) mass is 297 g/mol. The van der Waals surface area contributed by atoms with Crippen LogP contribution in [0.5, 0.6) is 0 Å². The van der Waals surface area contributed by atoms with Crippen molar-refractivity contribution in [2.45, 2.75) is 39.9 Å². The summed E-state index contributed by atoms with van der Waals surface area (Å²) in [5.74, 6) is 0. The smallest absolute Gasteiger partial charge is 0.0592 e. The second-order valence-corrected chi connectivity index (χ2v) is 6.94. The predicted molar refractivity (Wildman–Crippen MR) is 92.5 cm³/mol. The second-order valence-electron chi connectivity index (χ2n) is 6.94. The quantitative estimate of drug-likeness (QED) is 0.868. The Hall–Kier alpha value is -1.64. The van der Waals surface area contributed by atoms with Gasteiger partial charge in [-0.15, -0.1) is 0 Å². The lowest BCUT2D eigenvalue weighted by molar-refractivity contribution is 0.0366. The first-order valence-corrected chi connectivity index (χ1v) is 7.93. The largest absolute Gasteiger partial charge is 0.395 e. The molecule has 0 aromatic heterocycles. The summed E-state index contributed by atoms with van der Waals surface area (Å²) in [5.41, 5.74) is 2.58. The molecule has 0 spiro atoms. The van der Waals surface area contributed by atoms with Gasteiger partial charge in [-0.2, -0.15) is 0 Å². The fourth-order valence-electron chi connectivity index (χ4n) is 2.85. The highest BCUT2D eigenvalue weighted by molar-refractivity contribution is 5.17. The van der Waals surface area contributed by atoms with Gasteiger partial charge in [-0.3, -0.25) is 4.90 Å². The van der Waals surface area contributed by atoms with Gasteiger partial charge >= 0.3 is 0 Å². The number of aliphatic hydroxyl groups is 1. The molecule has 118 valence electrons. The summed E-state index contributed by atoms with van der Waals surface area (Å²) in [7, 11) is 0. The molecule has 0 bridgehead atoms. The summed E-state index contributed by atoms with van der Waals surface area (Å²) in [5, 5.41) is 9.95. The zero-order valence-electron chi connectivity index (χ0n) is 13.9. The molecule has 0 saturated heterocycles. The highest BCUT2D eigenvalue weighted by Crippen LogP contribution is 2.27. The molecule has 1 atom stereocenters. The summed E-state index contributed by atoms with van der Waals surface area (Å²) in [6.07, 6.45) is 0. The number of hydrogen-bond acceptors (Lipinski definition) is 2. The third kappa shape index (κ3) is 4.69. The predicted octanol–water partition coefficient (Wildman–Crippen LogP) is 4.10. The van der Waals surface area contributed by atoms with E-state index >= 15 is 0 Å². The maximum Gasteiger partial charge on any atom is 0.0592 e. The molecule has 0 aliphatic carbocycles. The maximum atomic E-state index is 9.95. The fourth-order valence-corrected chi connectivity index (χ4v) is 2.85. The minimum absolute atomic E-state index is 0.0261. The van der Waals surface area contributed by atoms with Crippen LogP contribution >= 0.6 is 0 Å². The molecule has 2 rings (SSSR count). The first kappa shape index (κ1) is 16.7. The van der Waals surface area contributed by atoms with Gasteiger partial charge in [0.2, 0.25) is 0 Å². The van der Waals surface area contributed by atoms with Crippen molar-refractivity contribution in [3.8, 4) is 0 Å². The van der Waals surface area contributed by atoms with Crippen molar-refractivity contribution >= 4 is 0 Å². The zero-order valence-corrected chi connectivity index (χ0v) is 13.9. The van der Waals surface area contributed by atoms with Crippen LogP contribution in [0, 0.1) is 5.41 Å². The Balaban J connectivity index is 2.23. The number of rotatable bonds is 6. The number of hydrogen-bond donors (Lipinski definition) is 1. The third-order valence-electron chi connectivity index (χ3n) is 4.07. The highest BCUT2D eigenvalue weighted by atomic mass is 16.3. The molecule has 2 aromatic rings. The van der Waals surface area contributed by atoms with Crippen molar-refractivity contribution in [1.82, 2.24) is 4.90 Å². The SMILES string of the molecule is CC(C)(C)[C@@H](CO)N(Cc1ccccc1)Cc1ccccc1. The minimum atomic E-state index is 0.0261. The van der Waals surface area contributed by atoms with Crippen LogP contribution in [0.3, 0.4) is 0 Å². The number of nitrogens with zero attached hydrogens (tertiary/aromatic N) is 1. The molecule has 0 radical (unpaired) electrons. The van der Waals surface area contributed by atoms with Crippen molar-refractivity contribution in [2.24, 2.45) is 5.41 Å². The van der Waals surface area contributed by atoms with E-state index in [2.05, 4.69) is 74.2 Å². The van der Waals surface area contributed by atoms with E-state index in [0.29, 0.717) is 0 Å². The summed E-state index contributed by atoms with van der Waals surface area (Å²) in [4.78, 5) is 2.38. The van der Waals surface area contributed by atoms with Crippen LogP contribution in [0.15, 0.2) is 60.7 Å². The molecule has 2 aromatic carbocycles. The van der Waals surface area contributed by atoms with Gasteiger partial charge in [-0.05, 0) is 16.5 Å². The lowest BCUT2D eigenvalue weighted by Gasteiger charge is -2.39. The molecule has 0 saturated carbocycles. The van der Waals surface area contributed by atoms with Crippen LogP contribution in [-0.2, 0) is 13.1 Å². The number of aliphatic hydroxyl groups excluding tert-OH is 1. The van der Waals surface area contributed by atoms with E-state index in [0.717, 1.165) is 13.1 Å². The van der Waals surface area contributed by atoms with E-state index in [1.165, 1.54) is 11.1 Å². The molecular formula is C20H27NO. The first-order valence-electron chi connectivity index (χ1n) is 7.93. The van der Waals surface area contributed by atoms with Gasteiger partial charge in [-0.25, -0.2) is 0 Å². The van der Waals surface area contributed by atoms with Crippen LogP contribution in [-0.4, -0.2) is 22.7 Å². The van der Waals surface area contributed by atoms with Gasteiger partial charge in [-0.1, -0.05) is 81.4 Å². The average Bonchev–Trinajstić information content (AvgIpc) is 2.48. The zero-order chi connectivity index (χ0) is 16.0. The molecule has 0 unspecified atom stereocenters. The van der Waals surface area contributed by atoms with Gasteiger partial charge in [0, 0.05) is 19.1 Å². The second kappa shape index (κ2) is 7.57. The Morgan fingerprint density at radius 2 is 1.23 bits per heavy atom. The molecule has 22 heavy (non-hydrogen) atoms. The van der Waals surface area contributed by atoms with Crippen LogP contribution < -0.4 is 0 Å². The standard InChI is InChI=1S/C20H27NO/c1-20(2,3)19(16-22)21(14-17-10-6-4-7-11-17)15-18-12-8-5-9-13-18/h4-13,19,22H,14-16H2,1-3H3/t19-/m1/s1. The maximum absolute atomic E-state index is 9.95. The van der Waals surface area contributed by atoms with Gasteiger partial charge in [0.25, 0.3) is 0 Å². The van der Waals surface area contributed by atoms with E-state index in [9.17, 15) is 5.11 Å². The summed E-state index contributed by atoms with van der Waals surface area (Å²) in [6, 6.07) is 21.1. The molecule has 1 N–H and O–H groups in total. The lowest BCUT2D eigenvalue weighted by Crippen LogP contribution is -2.45. The Bertz CT molecular complexity index is 503. The van der Waals surface area contributed by atoms with Gasteiger partial charge in [0.05, 0.1) is 6.61 Å². The third-order valence-corrected chi connectivity index (χ3v) is 4.07. The van der Waals surface area contributed by atoms with Crippen molar-refractivity contribution in [3.63, 3.8) is 0 Å². The van der Waals surface area contributed by atoms with Crippen molar-refractivity contribution in [2.75, 3.05) is 6.61 Å². The van der Waals surface area contributed by atoms with Crippen LogP contribution in [0.25, 0.3) is 0 Å². The summed E-state index contributed by atoms with van der Waals surface area (Å²) in [6.45, 7) is 8.43. The van der Waals surface area contributed by atoms with Crippen molar-refractivity contribution < 1.29 is 5.11 Å². The first-order chi connectivity index (χ1) is 10.5. The molecular weight excluding hydrogens is 270 g/mol. The Morgan fingerprint density at radius 3 is 1.55 bits per heavy atom. The van der Waals surface area contributed by atoms with Crippen LogP contribution in [0.1, 0.15) is 31.9 Å². The molecule has 2 heteroatoms. The van der Waals surface area contributed by atoms with Crippen molar-refractivity contribution in [1.29, 1.82) is 0 Å². The molecule has 2 nitrogen and oxygen atoms in total. The number of benzene rings is 2. The van der Waals surface area contributed by atoms with E-state index in [-0.39, 0.29) is 18.1 Å². The van der Waals surface area contributed by atoms with Crippen molar-refractivity contribution in [3.05, 3.63) is 71.8 Å². The Morgan fingerprint density at radius 1 is 0.818 bits per heavy atom. The molecule has 0 amide bonds. The van der Waals surface area contributed by atoms with Gasteiger partial charge in [0.15, 0.2) is 0 Å². The average molecular weight is 297 g/mol. The Labute approximate surface area is 134 Å². The lowest BCUT2D eigenvalue weighted by atomic mass is 9.85. The van der Waals surface area contributed by atoms with E-state index in [1.807, 2.05) is 12.1 Å².